The molecule has 0 fully saturated rings. The number of rotatable bonds is 4. The van der Waals surface area contributed by atoms with Crippen molar-refractivity contribution >= 4 is 12.6 Å². The van der Waals surface area contributed by atoms with Gasteiger partial charge in [0.05, 0.1) is 19.6 Å². The van der Waals surface area contributed by atoms with Crippen LogP contribution in [0.2, 0.25) is 0 Å². The van der Waals surface area contributed by atoms with Crippen LogP contribution >= 0.6 is 12.6 Å². The third kappa shape index (κ3) is 2.79. The molecule has 4 heteroatoms. The smallest absolute Gasteiger partial charge is 0.161 e. The molecule has 1 rings (SSSR count). The number of hydrogen-bond donors (Lipinski definition) is 1. The van der Waals surface area contributed by atoms with E-state index in [1.54, 1.807) is 14.2 Å². The Labute approximate surface area is 96.4 Å². The molecule has 0 radical (unpaired) electrons. The van der Waals surface area contributed by atoms with Crippen LogP contribution in [-0.2, 0) is 0 Å². The summed E-state index contributed by atoms with van der Waals surface area (Å²) in [7, 11) is 7.22. The maximum atomic E-state index is 5.23. The van der Waals surface area contributed by atoms with Crippen LogP contribution in [0.1, 0.15) is 10.9 Å². The predicted molar refractivity (Wildman–Crippen MR) is 65.0 cm³/mol. The second-order valence-electron chi connectivity index (χ2n) is 3.45. The molecule has 0 saturated carbocycles. The van der Waals surface area contributed by atoms with E-state index < -0.39 is 0 Å². The zero-order valence-electron chi connectivity index (χ0n) is 9.52. The molecule has 1 aromatic carbocycles. The molecule has 0 aliphatic rings. The third-order valence-corrected chi connectivity index (χ3v) is 2.95. The normalized spacial score (nSPS) is 12.7. The van der Waals surface area contributed by atoms with E-state index in [1.165, 1.54) is 0 Å². The summed E-state index contributed by atoms with van der Waals surface area (Å²) in [6.07, 6.45) is 0. The lowest BCUT2D eigenvalue weighted by molar-refractivity contribution is 0.351. The van der Waals surface area contributed by atoms with Gasteiger partial charge in [0.1, 0.15) is 0 Å². The maximum absolute atomic E-state index is 5.23. The summed E-state index contributed by atoms with van der Waals surface area (Å²) in [6.45, 7) is 0. The standard InChI is InChI=1S/C11H17NO2S/c1-12(2)11(15)8-5-6-9(13-3)10(7-8)14-4/h5-7,11,15H,1-4H3. The molecule has 0 heterocycles. The zero-order chi connectivity index (χ0) is 11.4. The first kappa shape index (κ1) is 12.2. The van der Waals surface area contributed by atoms with Crippen molar-refractivity contribution in [1.82, 2.24) is 4.90 Å². The summed E-state index contributed by atoms with van der Waals surface area (Å²) in [4.78, 5) is 2.02. The van der Waals surface area contributed by atoms with Gasteiger partial charge < -0.3 is 9.47 Å². The Bertz CT molecular complexity index is 328. The van der Waals surface area contributed by atoms with Crippen LogP contribution in [0.25, 0.3) is 0 Å². The van der Waals surface area contributed by atoms with Crippen molar-refractivity contribution in [2.75, 3.05) is 28.3 Å². The molecule has 3 nitrogen and oxygen atoms in total. The van der Waals surface area contributed by atoms with Gasteiger partial charge in [-0.25, -0.2) is 0 Å². The van der Waals surface area contributed by atoms with Gasteiger partial charge in [-0.1, -0.05) is 6.07 Å². The number of ether oxygens (including phenoxy) is 2. The molecule has 0 aliphatic carbocycles. The second kappa shape index (κ2) is 5.28. The fourth-order valence-electron chi connectivity index (χ4n) is 1.31. The van der Waals surface area contributed by atoms with Crippen LogP contribution in [0, 0.1) is 0 Å². The molecule has 0 saturated heterocycles. The second-order valence-corrected chi connectivity index (χ2v) is 3.94. The van der Waals surface area contributed by atoms with Gasteiger partial charge in [0.2, 0.25) is 0 Å². The van der Waals surface area contributed by atoms with Crippen molar-refractivity contribution in [3.63, 3.8) is 0 Å². The Hall–Kier alpha value is -0.870. The van der Waals surface area contributed by atoms with Crippen molar-refractivity contribution in [2.24, 2.45) is 0 Å². The molecule has 0 aromatic heterocycles. The summed E-state index contributed by atoms with van der Waals surface area (Å²) < 4.78 is 10.4. The Morgan fingerprint density at radius 2 is 1.73 bits per heavy atom. The van der Waals surface area contributed by atoms with Gasteiger partial charge in [0, 0.05) is 0 Å². The molecular formula is C11H17NO2S. The summed E-state index contributed by atoms with van der Waals surface area (Å²) in [6, 6.07) is 5.82. The van der Waals surface area contributed by atoms with Crippen LogP contribution in [0.15, 0.2) is 18.2 Å². The topological polar surface area (TPSA) is 21.7 Å². The largest absolute Gasteiger partial charge is 0.493 e. The highest BCUT2D eigenvalue weighted by molar-refractivity contribution is 7.80. The lowest BCUT2D eigenvalue weighted by atomic mass is 10.2. The maximum Gasteiger partial charge on any atom is 0.161 e. The Morgan fingerprint density at radius 1 is 1.13 bits per heavy atom. The van der Waals surface area contributed by atoms with Gasteiger partial charge in [-0.3, -0.25) is 4.90 Å². The minimum Gasteiger partial charge on any atom is -0.493 e. The van der Waals surface area contributed by atoms with Crippen molar-refractivity contribution in [1.29, 1.82) is 0 Å². The number of methoxy groups -OCH3 is 2. The lowest BCUT2D eigenvalue weighted by Gasteiger charge is -2.20. The minimum absolute atomic E-state index is 0.0600. The highest BCUT2D eigenvalue weighted by atomic mass is 32.1. The summed E-state index contributed by atoms with van der Waals surface area (Å²) >= 11 is 4.49. The van der Waals surface area contributed by atoms with E-state index >= 15 is 0 Å². The Morgan fingerprint density at radius 3 is 2.20 bits per heavy atom. The average Bonchev–Trinajstić information content (AvgIpc) is 2.26. The van der Waals surface area contributed by atoms with E-state index in [2.05, 4.69) is 12.6 Å². The Balaban J connectivity index is 3.02. The molecular weight excluding hydrogens is 210 g/mol. The number of nitrogens with zero attached hydrogens (tertiary/aromatic N) is 1. The zero-order valence-corrected chi connectivity index (χ0v) is 10.4. The fourth-order valence-corrected chi connectivity index (χ4v) is 1.47. The predicted octanol–water partition coefficient (Wildman–Crippen LogP) is 2.19. The monoisotopic (exact) mass is 227 g/mol. The number of thiol groups is 1. The third-order valence-electron chi connectivity index (χ3n) is 2.19. The van der Waals surface area contributed by atoms with E-state index in [9.17, 15) is 0 Å². The van der Waals surface area contributed by atoms with Gasteiger partial charge in [0.25, 0.3) is 0 Å². The molecule has 84 valence electrons. The molecule has 0 amide bonds. The van der Waals surface area contributed by atoms with Crippen LogP contribution in [-0.4, -0.2) is 33.2 Å². The van der Waals surface area contributed by atoms with E-state index in [0.29, 0.717) is 0 Å². The van der Waals surface area contributed by atoms with Gasteiger partial charge in [-0.05, 0) is 31.8 Å². The Kier molecular flexibility index (Phi) is 4.29. The summed E-state index contributed by atoms with van der Waals surface area (Å²) in [5.41, 5.74) is 1.08. The molecule has 0 N–H and O–H groups in total. The van der Waals surface area contributed by atoms with E-state index in [0.717, 1.165) is 17.1 Å². The SMILES string of the molecule is COc1ccc(C(S)N(C)C)cc1OC. The first-order chi connectivity index (χ1) is 7.10. The first-order valence-corrected chi connectivity index (χ1v) is 5.18. The molecule has 0 aliphatic heterocycles. The van der Waals surface area contributed by atoms with Crippen molar-refractivity contribution in [2.45, 2.75) is 5.37 Å². The summed E-state index contributed by atoms with van der Waals surface area (Å²) in [5, 5.41) is 0.0600. The molecule has 0 bridgehead atoms. The highest BCUT2D eigenvalue weighted by Gasteiger charge is 2.11. The first-order valence-electron chi connectivity index (χ1n) is 4.66. The molecule has 15 heavy (non-hydrogen) atoms. The minimum atomic E-state index is 0.0600. The summed E-state index contributed by atoms with van der Waals surface area (Å²) in [5.74, 6) is 1.47. The molecule has 0 spiro atoms. The van der Waals surface area contributed by atoms with Crippen LogP contribution in [0.4, 0.5) is 0 Å². The van der Waals surface area contributed by atoms with Crippen LogP contribution in [0.5, 0.6) is 11.5 Å². The lowest BCUT2D eigenvalue weighted by Crippen LogP contribution is -2.14. The van der Waals surface area contributed by atoms with E-state index in [4.69, 9.17) is 9.47 Å². The van der Waals surface area contributed by atoms with Crippen LogP contribution < -0.4 is 9.47 Å². The van der Waals surface area contributed by atoms with Gasteiger partial charge in [0.15, 0.2) is 11.5 Å². The van der Waals surface area contributed by atoms with Gasteiger partial charge in [-0.2, -0.15) is 12.6 Å². The van der Waals surface area contributed by atoms with Crippen molar-refractivity contribution in [3.8, 4) is 11.5 Å². The van der Waals surface area contributed by atoms with Crippen molar-refractivity contribution < 1.29 is 9.47 Å². The molecule has 1 aromatic rings. The average molecular weight is 227 g/mol. The quantitative estimate of drug-likeness (QED) is 0.629. The van der Waals surface area contributed by atoms with Crippen molar-refractivity contribution in [3.05, 3.63) is 23.8 Å². The molecule has 1 atom stereocenters. The molecule has 1 unspecified atom stereocenters. The number of hydrogen-bond acceptors (Lipinski definition) is 4. The van der Waals surface area contributed by atoms with E-state index in [-0.39, 0.29) is 5.37 Å². The van der Waals surface area contributed by atoms with Gasteiger partial charge in [-0.15, -0.1) is 0 Å². The fraction of sp³-hybridized carbons (Fsp3) is 0.455. The number of benzene rings is 1. The highest BCUT2D eigenvalue weighted by Crippen LogP contribution is 2.32. The van der Waals surface area contributed by atoms with Crippen LogP contribution in [0.3, 0.4) is 0 Å². The van der Waals surface area contributed by atoms with E-state index in [1.807, 2.05) is 37.2 Å². The van der Waals surface area contributed by atoms with Gasteiger partial charge >= 0.3 is 0 Å².